The Hall–Kier alpha value is -4.40. The van der Waals surface area contributed by atoms with Crippen molar-refractivity contribution >= 4 is 17.7 Å². The van der Waals surface area contributed by atoms with E-state index in [9.17, 15) is 9.59 Å². The summed E-state index contributed by atoms with van der Waals surface area (Å²) in [7, 11) is 3.11. The van der Waals surface area contributed by atoms with Crippen molar-refractivity contribution in [1.29, 1.82) is 0 Å². The van der Waals surface area contributed by atoms with Crippen molar-refractivity contribution < 1.29 is 23.8 Å². The van der Waals surface area contributed by atoms with Crippen LogP contribution in [0.25, 0.3) is 0 Å². The second-order valence-electron chi connectivity index (χ2n) is 8.18. The molecule has 9 heteroatoms. The van der Waals surface area contributed by atoms with E-state index < -0.39 is 24.3 Å². The highest BCUT2D eigenvalue weighted by Gasteiger charge is 2.36. The first-order valence-electron chi connectivity index (χ1n) is 11.5. The summed E-state index contributed by atoms with van der Waals surface area (Å²) in [6.45, 7) is 3.86. The fourth-order valence-corrected chi connectivity index (χ4v) is 3.86. The molecule has 1 aliphatic heterocycles. The lowest BCUT2D eigenvalue weighted by Crippen LogP contribution is -2.48. The third-order valence-electron chi connectivity index (χ3n) is 5.80. The largest absolute Gasteiger partial charge is 0.493 e. The molecule has 2 aromatic carbocycles. The Balaban J connectivity index is 1.78. The van der Waals surface area contributed by atoms with Gasteiger partial charge in [0.15, 0.2) is 17.7 Å². The number of nitrogens with one attached hydrogen (secondary N) is 1. The normalized spacial score (nSPS) is 16.0. The molecule has 36 heavy (non-hydrogen) atoms. The Morgan fingerprint density at radius 1 is 1.08 bits per heavy atom. The van der Waals surface area contributed by atoms with Gasteiger partial charge in [-0.25, -0.2) is 4.79 Å². The van der Waals surface area contributed by atoms with E-state index in [2.05, 4.69) is 10.3 Å². The molecule has 0 spiro atoms. The van der Waals surface area contributed by atoms with Crippen LogP contribution in [0.1, 0.15) is 46.7 Å². The Morgan fingerprint density at radius 2 is 1.83 bits per heavy atom. The maximum Gasteiger partial charge on any atom is 0.433 e. The lowest BCUT2D eigenvalue weighted by Gasteiger charge is -2.34. The molecule has 0 aliphatic carbocycles. The van der Waals surface area contributed by atoms with Crippen LogP contribution in [-0.2, 0) is 4.74 Å². The summed E-state index contributed by atoms with van der Waals surface area (Å²) in [5, 5.41) is 8.75. The average Bonchev–Trinajstić information content (AvgIpc) is 2.92. The van der Waals surface area contributed by atoms with E-state index in [0.29, 0.717) is 34.8 Å². The van der Waals surface area contributed by atoms with Gasteiger partial charge in [0.1, 0.15) is 17.5 Å². The highest BCUT2D eigenvalue weighted by atomic mass is 16.6. The SMILES string of the molecule is CCC1OC(=O)N(C(NC(=O)c2ccccn2)c2ccc(C)cc2)N=C1c1ccc(OC)c(OC)c1. The number of carbonyl (C=O) groups excluding carboxylic acids is 2. The van der Waals surface area contributed by atoms with Crippen molar-refractivity contribution in [1.82, 2.24) is 15.3 Å². The molecule has 1 N–H and O–H groups in total. The van der Waals surface area contributed by atoms with Gasteiger partial charge in [-0.3, -0.25) is 9.78 Å². The standard InChI is InChI=1S/C27H28N4O5/c1-5-21-24(19-13-14-22(34-3)23(16-19)35-4)30-31(27(33)36-21)25(18-11-9-17(2)10-12-18)29-26(32)20-8-6-7-15-28-20/h6-16,21,25H,5H2,1-4H3,(H,29,32). The van der Waals surface area contributed by atoms with Gasteiger partial charge in [0, 0.05) is 11.8 Å². The quantitative estimate of drug-likeness (QED) is 0.502. The number of benzene rings is 2. The van der Waals surface area contributed by atoms with Gasteiger partial charge in [0.25, 0.3) is 5.91 Å². The molecular formula is C27H28N4O5. The molecule has 0 saturated heterocycles. The van der Waals surface area contributed by atoms with Gasteiger partial charge in [-0.2, -0.15) is 10.1 Å². The van der Waals surface area contributed by atoms with E-state index in [-0.39, 0.29) is 5.69 Å². The van der Waals surface area contributed by atoms with Crippen molar-refractivity contribution in [2.75, 3.05) is 14.2 Å². The maximum absolute atomic E-state index is 13.1. The summed E-state index contributed by atoms with van der Waals surface area (Å²) < 4.78 is 16.6. The molecule has 1 aromatic heterocycles. The van der Waals surface area contributed by atoms with Crippen LogP contribution in [0.3, 0.4) is 0 Å². The van der Waals surface area contributed by atoms with Crippen LogP contribution in [0.2, 0.25) is 0 Å². The van der Waals surface area contributed by atoms with Crippen molar-refractivity contribution in [3.05, 3.63) is 89.2 Å². The van der Waals surface area contributed by atoms with E-state index >= 15 is 0 Å². The average molecular weight is 489 g/mol. The first-order chi connectivity index (χ1) is 17.4. The smallest absolute Gasteiger partial charge is 0.433 e. The molecule has 4 rings (SSSR count). The molecule has 186 valence electrons. The van der Waals surface area contributed by atoms with Crippen LogP contribution in [0, 0.1) is 6.92 Å². The summed E-state index contributed by atoms with van der Waals surface area (Å²) in [6.07, 6.45) is -0.123. The number of hydrogen-bond donors (Lipinski definition) is 1. The minimum Gasteiger partial charge on any atom is -0.493 e. The summed E-state index contributed by atoms with van der Waals surface area (Å²) in [5.74, 6) is 0.642. The summed E-state index contributed by atoms with van der Waals surface area (Å²) >= 11 is 0. The minimum absolute atomic E-state index is 0.218. The van der Waals surface area contributed by atoms with Gasteiger partial charge in [0.05, 0.1) is 14.2 Å². The fraction of sp³-hybridized carbons (Fsp3) is 0.259. The summed E-state index contributed by atoms with van der Waals surface area (Å²) in [5.41, 5.74) is 3.15. The third kappa shape index (κ3) is 5.14. The Kier molecular flexibility index (Phi) is 7.48. The van der Waals surface area contributed by atoms with Gasteiger partial charge in [-0.1, -0.05) is 42.8 Å². The number of hydrogen-bond acceptors (Lipinski definition) is 7. The van der Waals surface area contributed by atoms with Gasteiger partial charge >= 0.3 is 6.09 Å². The molecule has 0 radical (unpaired) electrons. The number of amides is 2. The minimum atomic E-state index is -0.930. The Labute approximate surface area is 209 Å². The number of nitrogens with zero attached hydrogens (tertiary/aromatic N) is 3. The molecule has 2 heterocycles. The number of hydrazone groups is 1. The number of methoxy groups -OCH3 is 2. The van der Waals surface area contributed by atoms with Crippen LogP contribution in [0.5, 0.6) is 11.5 Å². The van der Waals surface area contributed by atoms with Crippen LogP contribution in [-0.4, -0.2) is 48.0 Å². The van der Waals surface area contributed by atoms with Gasteiger partial charge in [-0.15, -0.1) is 0 Å². The molecule has 2 amide bonds. The molecular weight excluding hydrogens is 460 g/mol. The van der Waals surface area contributed by atoms with E-state index in [1.807, 2.05) is 44.2 Å². The van der Waals surface area contributed by atoms with Crippen LogP contribution >= 0.6 is 0 Å². The van der Waals surface area contributed by atoms with E-state index in [0.717, 1.165) is 10.6 Å². The zero-order chi connectivity index (χ0) is 25.7. The van der Waals surface area contributed by atoms with Crippen LogP contribution < -0.4 is 14.8 Å². The van der Waals surface area contributed by atoms with E-state index in [1.165, 1.54) is 6.20 Å². The zero-order valence-corrected chi connectivity index (χ0v) is 20.6. The van der Waals surface area contributed by atoms with Gasteiger partial charge < -0.3 is 19.5 Å². The van der Waals surface area contributed by atoms with Gasteiger partial charge in [0.2, 0.25) is 0 Å². The predicted octanol–water partition coefficient (Wildman–Crippen LogP) is 4.47. The van der Waals surface area contributed by atoms with Crippen molar-refractivity contribution in [2.24, 2.45) is 5.10 Å². The lowest BCUT2D eigenvalue weighted by molar-refractivity contribution is 0.0492. The second-order valence-corrected chi connectivity index (χ2v) is 8.18. The van der Waals surface area contributed by atoms with E-state index in [4.69, 9.17) is 19.3 Å². The zero-order valence-electron chi connectivity index (χ0n) is 20.6. The van der Waals surface area contributed by atoms with Crippen molar-refractivity contribution in [3.8, 4) is 11.5 Å². The number of aromatic nitrogens is 1. The molecule has 1 aliphatic rings. The summed E-state index contributed by atoms with van der Waals surface area (Å²) in [6, 6.07) is 17.9. The van der Waals surface area contributed by atoms with Crippen LogP contribution in [0.4, 0.5) is 4.79 Å². The molecule has 2 atom stereocenters. The highest BCUT2D eigenvalue weighted by Crippen LogP contribution is 2.31. The fourth-order valence-electron chi connectivity index (χ4n) is 3.86. The van der Waals surface area contributed by atoms with E-state index in [1.54, 1.807) is 44.6 Å². The number of ether oxygens (including phenoxy) is 3. The van der Waals surface area contributed by atoms with Crippen molar-refractivity contribution in [2.45, 2.75) is 32.5 Å². The number of pyridine rings is 1. The second kappa shape index (κ2) is 10.9. The Morgan fingerprint density at radius 3 is 2.47 bits per heavy atom. The molecule has 9 nitrogen and oxygen atoms in total. The molecule has 0 fully saturated rings. The highest BCUT2D eigenvalue weighted by molar-refractivity contribution is 6.06. The number of aryl methyl sites for hydroxylation is 1. The third-order valence-corrected chi connectivity index (χ3v) is 5.80. The molecule has 3 aromatic rings. The van der Waals surface area contributed by atoms with Crippen molar-refractivity contribution in [3.63, 3.8) is 0 Å². The first-order valence-corrected chi connectivity index (χ1v) is 11.5. The molecule has 0 bridgehead atoms. The number of cyclic esters (lactones) is 1. The first kappa shape index (κ1) is 24.7. The number of carbonyl (C=O) groups is 2. The topological polar surface area (TPSA) is 102 Å². The molecule has 0 saturated carbocycles. The summed E-state index contributed by atoms with van der Waals surface area (Å²) in [4.78, 5) is 30.3. The monoisotopic (exact) mass is 488 g/mol. The lowest BCUT2D eigenvalue weighted by atomic mass is 10.0. The number of rotatable bonds is 8. The van der Waals surface area contributed by atoms with Crippen LogP contribution in [0.15, 0.2) is 72.0 Å². The maximum atomic E-state index is 13.1. The van der Waals surface area contributed by atoms with Gasteiger partial charge in [-0.05, 0) is 49.2 Å². The predicted molar refractivity (Wildman–Crippen MR) is 134 cm³/mol. The Bertz CT molecular complexity index is 1260. The molecule has 2 unspecified atom stereocenters.